The van der Waals surface area contributed by atoms with E-state index in [0.29, 0.717) is 25.2 Å². The van der Waals surface area contributed by atoms with Crippen molar-refractivity contribution in [2.45, 2.75) is 33.6 Å². The van der Waals surface area contributed by atoms with Crippen molar-refractivity contribution in [2.24, 2.45) is 5.92 Å². The average molecular weight is 408 g/mol. The van der Waals surface area contributed by atoms with E-state index < -0.39 is 0 Å². The Morgan fingerprint density at radius 3 is 2.57 bits per heavy atom. The Kier molecular flexibility index (Phi) is 7.50. The topological polar surface area (TPSA) is 52.7 Å². The zero-order valence-electron chi connectivity index (χ0n) is 18.4. The van der Waals surface area contributed by atoms with Crippen LogP contribution in [0.1, 0.15) is 41.3 Å². The van der Waals surface area contributed by atoms with Crippen LogP contribution >= 0.6 is 0 Å². The fourth-order valence-electron chi connectivity index (χ4n) is 4.01. The molecule has 160 valence electrons. The van der Waals surface area contributed by atoms with E-state index in [-0.39, 0.29) is 17.7 Å². The van der Waals surface area contributed by atoms with Gasteiger partial charge in [0.15, 0.2) is 0 Å². The fraction of sp³-hybridized carbons (Fsp3) is 0.440. The third-order valence-electron chi connectivity index (χ3n) is 5.81. The summed E-state index contributed by atoms with van der Waals surface area (Å²) in [6, 6.07) is 16.1. The van der Waals surface area contributed by atoms with Gasteiger partial charge in [-0.15, -0.1) is 0 Å². The average Bonchev–Trinajstić information content (AvgIpc) is 2.76. The van der Waals surface area contributed by atoms with Gasteiger partial charge in [-0.1, -0.05) is 29.8 Å². The monoisotopic (exact) mass is 407 g/mol. The quantitative estimate of drug-likeness (QED) is 0.760. The van der Waals surface area contributed by atoms with Crippen molar-refractivity contribution in [3.05, 3.63) is 65.2 Å². The molecule has 30 heavy (non-hydrogen) atoms. The number of benzene rings is 2. The number of nitrogens with zero attached hydrogens (tertiary/aromatic N) is 2. The van der Waals surface area contributed by atoms with Gasteiger partial charge in [-0.05, 0) is 63.4 Å². The van der Waals surface area contributed by atoms with Gasteiger partial charge in [-0.25, -0.2) is 0 Å². The number of rotatable bonds is 7. The molecule has 5 heteroatoms. The first-order valence-corrected chi connectivity index (χ1v) is 10.9. The number of anilines is 1. The predicted molar refractivity (Wildman–Crippen MR) is 122 cm³/mol. The van der Waals surface area contributed by atoms with Crippen LogP contribution in [0.2, 0.25) is 0 Å². The van der Waals surface area contributed by atoms with E-state index >= 15 is 0 Å². The van der Waals surface area contributed by atoms with Gasteiger partial charge in [0.05, 0.1) is 5.92 Å². The van der Waals surface area contributed by atoms with E-state index in [1.165, 1.54) is 11.3 Å². The SMILES string of the molecule is CCN(CCNC(=O)C1CCCN(C(=O)c2ccc(C)cc2)C1)c1cccc(C)c1. The van der Waals surface area contributed by atoms with Crippen molar-refractivity contribution >= 4 is 17.5 Å². The number of piperidine rings is 1. The number of likely N-dealkylation sites (tertiary alicyclic amines) is 1. The fourth-order valence-corrected chi connectivity index (χ4v) is 4.01. The Morgan fingerprint density at radius 1 is 1.10 bits per heavy atom. The van der Waals surface area contributed by atoms with Gasteiger partial charge in [0, 0.05) is 44.0 Å². The lowest BCUT2D eigenvalue weighted by atomic mass is 9.96. The Bertz CT molecular complexity index is 863. The standard InChI is InChI=1S/C25H33N3O2/c1-4-27(23-9-5-7-20(3)17-23)16-14-26-24(29)22-8-6-15-28(18-22)25(30)21-12-10-19(2)11-13-21/h5,7,9-13,17,22H,4,6,8,14-16,18H2,1-3H3,(H,26,29). The number of amides is 2. The third-order valence-corrected chi connectivity index (χ3v) is 5.81. The molecule has 2 amide bonds. The minimum Gasteiger partial charge on any atom is -0.370 e. The summed E-state index contributed by atoms with van der Waals surface area (Å²) in [6.07, 6.45) is 1.69. The molecule has 1 unspecified atom stereocenters. The van der Waals surface area contributed by atoms with E-state index in [9.17, 15) is 9.59 Å². The van der Waals surface area contributed by atoms with Crippen LogP contribution in [0.5, 0.6) is 0 Å². The van der Waals surface area contributed by atoms with Crippen molar-refractivity contribution in [1.29, 1.82) is 0 Å². The molecule has 0 saturated carbocycles. The molecule has 2 aromatic rings. The van der Waals surface area contributed by atoms with Crippen LogP contribution in [-0.4, -0.2) is 49.4 Å². The molecule has 0 radical (unpaired) electrons. The van der Waals surface area contributed by atoms with E-state index in [1.54, 1.807) is 0 Å². The molecular weight excluding hydrogens is 374 g/mol. The molecule has 1 aliphatic heterocycles. The molecule has 1 N–H and O–H groups in total. The molecule has 3 rings (SSSR count). The smallest absolute Gasteiger partial charge is 0.253 e. The second-order valence-electron chi connectivity index (χ2n) is 8.17. The van der Waals surface area contributed by atoms with Gasteiger partial charge in [0.1, 0.15) is 0 Å². The highest BCUT2D eigenvalue weighted by atomic mass is 16.2. The van der Waals surface area contributed by atoms with Crippen LogP contribution in [0.4, 0.5) is 5.69 Å². The van der Waals surface area contributed by atoms with E-state index in [4.69, 9.17) is 0 Å². The van der Waals surface area contributed by atoms with Crippen molar-refractivity contribution in [3.8, 4) is 0 Å². The second kappa shape index (κ2) is 10.3. The van der Waals surface area contributed by atoms with Gasteiger partial charge in [-0.2, -0.15) is 0 Å². The summed E-state index contributed by atoms with van der Waals surface area (Å²) in [4.78, 5) is 29.6. The van der Waals surface area contributed by atoms with Gasteiger partial charge >= 0.3 is 0 Å². The first-order valence-electron chi connectivity index (χ1n) is 10.9. The largest absolute Gasteiger partial charge is 0.370 e. The first-order chi connectivity index (χ1) is 14.5. The molecule has 5 nitrogen and oxygen atoms in total. The maximum atomic E-state index is 12.8. The highest BCUT2D eigenvalue weighted by Gasteiger charge is 2.28. The number of likely N-dealkylation sites (N-methyl/N-ethyl adjacent to an activating group) is 1. The normalized spacial score (nSPS) is 16.2. The Hall–Kier alpha value is -2.82. The second-order valence-corrected chi connectivity index (χ2v) is 8.17. The number of hydrogen-bond donors (Lipinski definition) is 1. The highest BCUT2D eigenvalue weighted by Crippen LogP contribution is 2.19. The predicted octanol–water partition coefficient (Wildman–Crippen LogP) is 3.80. The summed E-state index contributed by atoms with van der Waals surface area (Å²) >= 11 is 0. The summed E-state index contributed by atoms with van der Waals surface area (Å²) in [6.45, 7) is 9.69. The minimum atomic E-state index is -0.137. The Balaban J connectivity index is 1.51. The van der Waals surface area contributed by atoms with E-state index in [1.807, 2.05) is 36.1 Å². The molecule has 0 aromatic heterocycles. The number of carbonyl (C=O) groups excluding carboxylic acids is 2. The molecule has 2 aromatic carbocycles. The summed E-state index contributed by atoms with van der Waals surface area (Å²) in [5.41, 5.74) is 4.24. The molecule has 1 saturated heterocycles. The van der Waals surface area contributed by atoms with E-state index in [0.717, 1.165) is 31.5 Å². The van der Waals surface area contributed by atoms with Crippen LogP contribution in [-0.2, 0) is 4.79 Å². The summed E-state index contributed by atoms with van der Waals surface area (Å²) in [5.74, 6) is -0.0667. The number of carbonyl (C=O) groups is 2. The van der Waals surface area contributed by atoms with Gasteiger partial charge in [-0.3, -0.25) is 9.59 Å². The summed E-state index contributed by atoms with van der Waals surface area (Å²) < 4.78 is 0. The van der Waals surface area contributed by atoms with Crippen LogP contribution in [0.25, 0.3) is 0 Å². The molecule has 1 heterocycles. The maximum Gasteiger partial charge on any atom is 0.253 e. The molecule has 1 atom stereocenters. The highest BCUT2D eigenvalue weighted by molar-refractivity contribution is 5.94. The molecule has 1 fully saturated rings. The molecule has 1 aliphatic rings. The van der Waals surface area contributed by atoms with Crippen LogP contribution in [0, 0.1) is 19.8 Å². The molecule has 0 spiro atoms. The minimum absolute atomic E-state index is 0.0177. The van der Waals surface area contributed by atoms with Crippen molar-refractivity contribution in [1.82, 2.24) is 10.2 Å². The lowest BCUT2D eigenvalue weighted by Crippen LogP contribution is -2.46. The summed E-state index contributed by atoms with van der Waals surface area (Å²) in [5, 5.41) is 3.09. The molecular formula is C25H33N3O2. The van der Waals surface area contributed by atoms with Crippen LogP contribution in [0.3, 0.4) is 0 Å². The van der Waals surface area contributed by atoms with Gasteiger partial charge in [0.25, 0.3) is 5.91 Å². The number of nitrogens with one attached hydrogen (secondary N) is 1. The van der Waals surface area contributed by atoms with Crippen molar-refractivity contribution < 1.29 is 9.59 Å². The molecule has 0 aliphatic carbocycles. The number of aryl methyl sites for hydroxylation is 2. The van der Waals surface area contributed by atoms with Crippen molar-refractivity contribution in [3.63, 3.8) is 0 Å². The van der Waals surface area contributed by atoms with Crippen LogP contribution < -0.4 is 10.2 Å². The third kappa shape index (κ3) is 5.62. The van der Waals surface area contributed by atoms with Gasteiger partial charge < -0.3 is 15.1 Å². The Labute approximate surface area is 180 Å². The lowest BCUT2D eigenvalue weighted by molar-refractivity contribution is -0.126. The first kappa shape index (κ1) is 21.9. The Morgan fingerprint density at radius 2 is 1.87 bits per heavy atom. The number of hydrogen-bond acceptors (Lipinski definition) is 3. The van der Waals surface area contributed by atoms with Crippen LogP contribution in [0.15, 0.2) is 48.5 Å². The lowest BCUT2D eigenvalue weighted by Gasteiger charge is -2.32. The zero-order valence-corrected chi connectivity index (χ0v) is 18.4. The zero-order chi connectivity index (χ0) is 21.5. The summed E-state index contributed by atoms with van der Waals surface area (Å²) in [7, 11) is 0. The molecule has 0 bridgehead atoms. The van der Waals surface area contributed by atoms with Crippen molar-refractivity contribution in [2.75, 3.05) is 37.6 Å². The van der Waals surface area contributed by atoms with Gasteiger partial charge in [0.2, 0.25) is 5.91 Å². The van der Waals surface area contributed by atoms with E-state index in [2.05, 4.69) is 48.3 Å². The maximum absolute atomic E-state index is 12.8.